The van der Waals surface area contributed by atoms with Crippen LogP contribution in [0.5, 0.6) is 0 Å². The van der Waals surface area contributed by atoms with Crippen LogP contribution in [-0.2, 0) is 20.1 Å². The summed E-state index contributed by atoms with van der Waals surface area (Å²) in [4.78, 5) is 14.4. The van der Waals surface area contributed by atoms with Crippen molar-refractivity contribution >= 4 is 22.1 Å². The van der Waals surface area contributed by atoms with Gasteiger partial charge in [0.25, 0.3) is 0 Å². The summed E-state index contributed by atoms with van der Waals surface area (Å²) in [5, 5.41) is 0. The molecule has 307 valence electrons. The molecule has 3 heterocycles. The van der Waals surface area contributed by atoms with E-state index in [1.54, 1.807) is 18.2 Å². The Labute approximate surface area is 381 Å². The monoisotopic (exact) mass is 986 g/mol. The number of imidazole rings is 1. The Morgan fingerprint density at radius 2 is 1.24 bits per heavy atom. The van der Waals surface area contributed by atoms with Crippen LogP contribution in [0.1, 0.15) is 60.3 Å². The fourth-order valence-electron chi connectivity index (χ4n) is 7.77. The molecule has 0 bridgehead atoms. The Bertz CT molecular complexity index is 3150. The predicted molar refractivity (Wildman–Crippen MR) is 251 cm³/mol. The van der Waals surface area contributed by atoms with Gasteiger partial charge < -0.3 is 14.0 Å². The number of fused-ring (bicyclic) bond motifs is 2. The minimum Gasteiger partial charge on any atom is -0.484 e. The van der Waals surface area contributed by atoms with Gasteiger partial charge in [0.05, 0.1) is 22.4 Å². The second-order valence-corrected chi connectivity index (χ2v) is 15.7. The third-order valence-electron chi connectivity index (χ3n) is 10.8. The quantitative estimate of drug-likeness (QED) is 0.142. The van der Waals surface area contributed by atoms with Crippen molar-refractivity contribution in [1.29, 1.82) is 0 Å². The van der Waals surface area contributed by atoms with E-state index in [4.69, 9.17) is 18.5 Å². The van der Waals surface area contributed by atoms with Crippen LogP contribution in [0.15, 0.2) is 180 Å². The van der Waals surface area contributed by atoms with Crippen molar-refractivity contribution in [3.05, 3.63) is 205 Å². The van der Waals surface area contributed by atoms with Crippen molar-refractivity contribution in [2.24, 2.45) is 0 Å². The van der Waals surface area contributed by atoms with Crippen molar-refractivity contribution in [3.8, 4) is 62.0 Å². The largest absolute Gasteiger partial charge is 0.484 e. The number of rotatable bonds is 8. The van der Waals surface area contributed by atoms with Gasteiger partial charge in [0.2, 0.25) is 5.89 Å². The molecule has 0 saturated carbocycles. The molecule has 0 saturated heterocycles. The summed E-state index contributed by atoms with van der Waals surface area (Å²) < 4.78 is 30.6. The van der Waals surface area contributed by atoms with Crippen LogP contribution in [0.4, 0.5) is 0 Å². The topological polar surface area (TPSA) is 56.7 Å². The molecular weight excluding hydrogens is 937 g/mol. The summed E-state index contributed by atoms with van der Waals surface area (Å²) in [7, 11) is 0. The summed E-state index contributed by atoms with van der Waals surface area (Å²) >= 11 is 0. The number of hydrogen-bond acceptors (Lipinski definition) is 4. The van der Waals surface area contributed by atoms with Crippen molar-refractivity contribution in [1.82, 2.24) is 19.5 Å². The Morgan fingerprint density at radius 3 is 1.85 bits per heavy atom. The molecule has 5 nitrogen and oxygen atoms in total. The van der Waals surface area contributed by atoms with Gasteiger partial charge in [0.1, 0.15) is 0 Å². The molecule has 10 aromatic rings. The van der Waals surface area contributed by atoms with E-state index in [9.17, 15) is 0 Å². The molecule has 1 radical (unpaired) electrons. The normalized spacial score (nSPS) is 12.1. The predicted octanol–water partition coefficient (Wildman–Crippen LogP) is 14.7. The van der Waals surface area contributed by atoms with E-state index in [-0.39, 0.29) is 37.5 Å². The van der Waals surface area contributed by atoms with Crippen LogP contribution in [0.3, 0.4) is 0 Å². The van der Waals surface area contributed by atoms with Crippen LogP contribution in [-0.4, -0.2) is 19.5 Å². The number of aryl methyl sites for hydroxylation is 1. The second-order valence-electron chi connectivity index (χ2n) is 15.7. The van der Waals surface area contributed by atoms with Crippen LogP contribution < -0.4 is 0 Å². The number of hydrogen-bond donors (Lipinski definition) is 0. The van der Waals surface area contributed by atoms with Crippen molar-refractivity contribution in [2.75, 3.05) is 0 Å². The van der Waals surface area contributed by atoms with Crippen LogP contribution in [0, 0.1) is 19.0 Å². The molecule has 0 spiro atoms. The first kappa shape index (κ1) is 38.2. The molecule has 3 aromatic heterocycles. The zero-order chi connectivity index (χ0) is 44.4. The molecule has 0 aliphatic carbocycles. The van der Waals surface area contributed by atoms with E-state index >= 15 is 0 Å². The standard InChI is InChI=1S/C44H36N3O.C12H10N.Ir/c1-28(2)35-24-33(30-16-8-5-9-17-30)25-36(29(3)4)41(35)47-40-23-15-14-22-38(40)45-43(47)34-26-37(31-18-10-6-11-19-31)42-39(27-34)46-44(48-42)32-20-12-7-13-21-32;1-10-7-8-12(13-9-10)11-5-3-2-4-6-11;/h5-26,28-29H,1-4H3;2-5,7-9H,1H3;/q2*-1;/i;1D3;. The van der Waals surface area contributed by atoms with Crippen LogP contribution in [0.2, 0.25) is 0 Å². The van der Waals surface area contributed by atoms with E-state index in [0.29, 0.717) is 17.0 Å². The van der Waals surface area contributed by atoms with Gasteiger partial charge in [-0.15, -0.1) is 53.6 Å². The summed E-state index contributed by atoms with van der Waals surface area (Å²) in [6, 6.07) is 63.8. The van der Waals surface area contributed by atoms with E-state index in [2.05, 4.69) is 146 Å². The van der Waals surface area contributed by atoms with Crippen molar-refractivity contribution in [2.45, 2.75) is 46.4 Å². The molecule has 6 heteroatoms. The molecule has 0 N–H and O–H groups in total. The maximum absolute atomic E-state index is 7.23. The Balaban J connectivity index is 0.000000287. The SMILES string of the molecule is CC(C)c1cc(-c2ccccc2)cc(C(C)C)c1-n1c(-c2[c-]c3nc(-c4ccccc4)oc3c(-c3ccccc3)c2)nc2ccccc21.[2H]C([2H])([2H])c1ccc(-c2[c-]cccc2)nc1.[Ir]. The Hall–Kier alpha value is -6.72. The smallest absolute Gasteiger partial charge is 0.216 e. The molecular formula is C56H46IrN4O-2. The van der Waals surface area contributed by atoms with Crippen molar-refractivity contribution in [3.63, 3.8) is 0 Å². The van der Waals surface area contributed by atoms with Gasteiger partial charge >= 0.3 is 0 Å². The molecule has 62 heavy (non-hydrogen) atoms. The van der Waals surface area contributed by atoms with Gasteiger partial charge in [-0.3, -0.25) is 4.98 Å². The average Bonchev–Trinajstić information content (AvgIpc) is 3.94. The summed E-state index contributed by atoms with van der Waals surface area (Å²) in [5.41, 5.74) is 15.2. The van der Waals surface area contributed by atoms with Gasteiger partial charge in [-0.25, -0.2) is 4.98 Å². The molecule has 0 fully saturated rings. The van der Waals surface area contributed by atoms with Gasteiger partial charge in [0.15, 0.2) is 0 Å². The Morgan fingerprint density at radius 1 is 0.613 bits per heavy atom. The number of oxazole rings is 1. The third-order valence-corrected chi connectivity index (χ3v) is 10.8. The first-order chi connectivity index (χ1) is 31.0. The first-order valence-corrected chi connectivity index (χ1v) is 20.7. The molecule has 0 amide bonds. The minimum atomic E-state index is -2.09. The van der Waals surface area contributed by atoms with Gasteiger partial charge in [-0.05, 0) is 94.2 Å². The van der Waals surface area contributed by atoms with E-state index < -0.39 is 6.85 Å². The third kappa shape index (κ3) is 8.58. The molecule has 0 atom stereocenters. The number of nitrogens with zero attached hydrogens (tertiary/aromatic N) is 4. The van der Waals surface area contributed by atoms with Gasteiger partial charge in [-0.1, -0.05) is 136 Å². The minimum absolute atomic E-state index is 0. The number of benzene rings is 7. The van der Waals surface area contributed by atoms with E-state index in [1.165, 1.54) is 34.1 Å². The van der Waals surface area contributed by atoms with Gasteiger partial charge in [-0.2, -0.15) is 0 Å². The summed E-state index contributed by atoms with van der Waals surface area (Å²) in [5.74, 6) is 1.94. The first-order valence-electron chi connectivity index (χ1n) is 22.2. The van der Waals surface area contributed by atoms with Gasteiger partial charge in [0, 0.05) is 47.2 Å². The van der Waals surface area contributed by atoms with E-state index in [0.717, 1.165) is 50.4 Å². The molecule has 10 rings (SSSR count). The molecule has 0 unspecified atom stereocenters. The second kappa shape index (κ2) is 18.5. The molecule has 0 aliphatic rings. The zero-order valence-electron chi connectivity index (χ0n) is 37.9. The molecule has 7 aromatic carbocycles. The fourth-order valence-corrected chi connectivity index (χ4v) is 7.77. The van der Waals surface area contributed by atoms with Crippen LogP contribution in [0.25, 0.3) is 84.2 Å². The maximum atomic E-state index is 7.23. The molecule has 0 aliphatic heterocycles. The van der Waals surface area contributed by atoms with Crippen molar-refractivity contribution < 1.29 is 28.6 Å². The average molecular weight is 986 g/mol. The Kier molecular flexibility index (Phi) is 11.4. The number of pyridine rings is 1. The van der Waals surface area contributed by atoms with E-state index in [1.807, 2.05) is 54.6 Å². The zero-order valence-corrected chi connectivity index (χ0v) is 37.3. The number of para-hydroxylation sites is 2. The summed E-state index contributed by atoms with van der Waals surface area (Å²) in [6.45, 7) is 7.03. The summed E-state index contributed by atoms with van der Waals surface area (Å²) in [6.07, 6.45) is 1.39. The maximum Gasteiger partial charge on any atom is 0.216 e. The van der Waals surface area contributed by atoms with Crippen LogP contribution >= 0.6 is 0 Å². The number of aromatic nitrogens is 4. The fraction of sp³-hybridized carbons (Fsp3) is 0.125.